The number of hydrogen-bond donors (Lipinski definition) is 2. The summed E-state index contributed by atoms with van der Waals surface area (Å²) in [6.45, 7) is 3.75. The summed E-state index contributed by atoms with van der Waals surface area (Å²) in [7, 11) is -2.40. The number of piperidine rings is 1. The van der Waals surface area contributed by atoms with E-state index in [1.54, 1.807) is 24.3 Å². The number of methoxy groups -OCH3 is 1. The second kappa shape index (κ2) is 9.49. The molecular weight excluding hydrogens is 418 g/mol. The zero-order chi connectivity index (χ0) is 22.6. The van der Waals surface area contributed by atoms with Crippen LogP contribution in [0.1, 0.15) is 43.5 Å². The average molecular weight is 446 g/mol. The third-order valence-corrected chi connectivity index (χ3v) is 7.25. The number of carbonyl (C=O) groups is 2. The maximum absolute atomic E-state index is 13.3. The van der Waals surface area contributed by atoms with Gasteiger partial charge in [0.25, 0.3) is 5.91 Å². The second-order valence-electron chi connectivity index (χ2n) is 7.54. The molecule has 0 aliphatic carbocycles. The first-order chi connectivity index (χ1) is 14.7. The molecule has 0 radical (unpaired) electrons. The Kier molecular flexibility index (Phi) is 6.97. The Balaban J connectivity index is 1.85. The molecule has 3 rings (SSSR count). The van der Waals surface area contributed by atoms with E-state index in [9.17, 15) is 18.0 Å². The number of carbonyl (C=O) groups excluding carboxylic acids is 2. The second-order valence-corrected chi connectivity index (χ2v) is 9.40. The molecule has 0 unspecified atom stereocenters. The van der Waals surface area contributed by atoms with Gasteiger partial charge in [0.05, 0.1) is 7.11 Å². The van der Waals surface area contributed by atoms with Crippen LogP contribution in [0, 0.1) is 0 Å². The minimum atomic E-state index is -3.81. The van der Waals surface area contributed by atoms with Gasteiger partial charge >= 0.3 is 0 Å². The Labute approximate surface area is 182 Å². The fourth-order valence-corrected chi connectivity index (χ4v) is 5.50. The molecule has 2 amide bonds. The van der Waals surface area contributed by atoms with E-state index < -0.39 is 15.9 Å². The van der Waals surface area contributed by atoms with Crippen molar-refractivity contribution in [2.24, 2.45) is 0 Å². The van der Waals surface area contributed by atoms with Crippen molar-refractivity contribution in [3.63, 3.8) is 0 Å². The lowest BCUT2D eigenvalue weighted by atomic mass is 10.1. The van der Waals surface area contributed by atoms with Crippen molar-refractivity contribution >= 4 is 33.2 Å². The Morgan fingerprint density at radius 1 is 1.03 bits per heavy atom. The summed E-state index contributed by atoms with van der Waals surface area (Å²) in [5, 5.41) is 5.39. The molecule has 1 atom stereocenters. The summed E-state index contributed by atoms with van der Waals surface area (Å²) in [4.78, 5) is 23.9. The van der Waals surface area contributed by atoms with Crippen molar-refractivity contribution in [1.82, 2.24) is 4.31 Å². The molecule has 1 aliphatic rings. The normalized spacial score (nSPS) is 17.1. The van der Waals surface area contributed by atoms with E-state index in [4.69, 9.17) is 4.74 Å². The lowest BCUT2D eigenvalue weighted by Gasteiger charge is -2.32. The van der Waals surface area contributed by atoms with Gasteiger partial charge in [-0.15, -0.1) is 0 Å². The fourth-order valence-electron chi connectivity index (χ4n) is 3.62. The minimum Gasteiger partial charge on any atom is -0.495 e. The third kappa shape index (κ3) is 5.23. The molecule has 1 aliphatic heterocycles. The molecule has 8 nitrogen and oxygen atoms in total. The molecule has 0 aromatic heterocycles. The van der Waals surface area contributed by atoms with Gasteiger partial charge < -0.3 is 15.4 Å². The summed E-state index contributed by atoms with van der Waals surface area (Å²) in [5.74, 6) is -0.432. The largest absolute Gasteiger partial charge is 0.495 e. The fraction of sp³-hybridized carbons (Fsp3) is 0.364. The Morgan fingerprint density at radius 3 is 2.26 bits per heavy atom. The highest BCUT2D eigenvalue weighted by Crippen LogP contribution is 2.32. The van der Waals surface area contributed by atoms with Crippen LogP contribution in [0.3, 0.4) is 0 Å². The van der Waals surface area contributed by atoms with Crippen molar-refractivity contribution < 1.29 is 22.7 Å². The number of sulfonamides is 1. The zero-order valence-corrected chi connectivity index (χ0v) is 18.7. The van der Waals surface area contributed by atoms with Gasteiger partial charge in [0.15, 0.2) is 0 Å². The lowest BCUT2D eigenvalue weighted by Crippen LogP contribution is -2.42. The van der Waals surface area contributed by atoms with Crippen LogP contribution in [0.4, 0.5) is 11.4 Å². The Morgan fingerprint density at radius 2 is 1.68 bits per heavy atom. The standard InChI is InChI=1S/C22H27N3O5S/c1-15-6-4-5-13-25(15)31(28,29)21-14-17(7-12-20(21)30-3)22(27)24-19-10-8-18(9-11-19)23-16(2)26/h7-12,14-15H,4-6,13H2,1-3H3,(H,23,26)(H,24,27)/t15-/m0/s1. The topological polar surface area (TPSA) is 105 Å². The highest BCUT2D eigenvalue weighted by atomic mass is 32.2. The van der Waals surface area contributed by atoms with E-state index in [1.807, 2.05) is 6.92 Å². The minimum absolute atomic E-state index is 0.0163. The smallest absolute Gasteiger partial charge is 0.255 e. The summed E-state index contributed by atoms with van der Waals surface area (Å²) in [6, 6.07) is 10.9. The van der Waals surface area contributed by atoms with Crippen molar-refractivity contribution in [3.05, 3.63) is 48.0 Å². The van der Waals surface area contributed by atoms with E-state index in [2.05, 4.69) is 10.6 Å². The molecule has 0 bridgehead atoms. The van der Waals surface area contributed by atoms with Gasteiger partial charge in [-0.3, -0.25) is 9.59 Å². The van der Waals surface area contributed by atoms with Gasteiger partial charge in [-0.2, -0.15) is 4.31 Å². The summed E-state index contributed by atoms with van der Waals surface area (Å²) in [5.41, 5.74) is 1.33. The Hall–Kier alpha value is -2.91. The maximum atomic E-state index is 13.3. The predicted molar refractivity (Wildman–Crippen MR) is 119 cm³/mol. The highest BCUT2D eigenvalue weighted by molar-refractivity contribution is 7.89. The van der Waals surface area contributed by atoms with Gasteiger partial charge in [0, 0.05) is 36.4 Å². The van der Waals surface area contributed by atoms with Crippen LogP contribution in [0.2, 0.25) is 0 Å². The molecule has 2 aromatic rings. The van der Waals surface area contributed by atoms with Gasteiger partial charge in [0.2, 0.25) is 15.9 Å². The van der Waals surface area contributed by atoms with Crippen LogP contribution < -0.4 is 15.4 Å². The van der Waals surface area contributed by atoms with E-state index >= 15 is 0 Å². The van der Waals surface area contributed by atoms with Crippen molar-refractivity contribution in [2.75, 3.05) is 24.3 Å². The monoisotopic (exact) mass is 445 g/mol. The van der Waals surface area contributed by atoms with E-state index in [0.717, 1.165) is 19.3 Å². The molecule has 1 fully saturated rings. The van der Waals surface area contributed by atoms with Crippen LogP contribution in [0.15, 0.2) is 47.4 Å². The lowest BCUT2D eigenvalue weighted by molar-refractivity contribution is -0.114. The SMILES string of the molecule is COc1ccc(C(=O)Nc2ccc(NC(C)=O)cc2)cc1S(=O)(=O)N1CCCC[C@@H]1C. The molecule has 1 saturated heterocycles. The highest BCUT2D eigenvalue weighted by Gasteiger charge is 2.33. The molecule has 0 spiro atoms. The summed E-state index contributed by atoms with van der Waals surface area (Å²) in [6.07, 6.45) is 2.60. The van der Waals surface area contributed by atoms with Crippen LogP contribution in [-0.4, -0.2) is 44.2 Å². The van der Waals surface area contributed by atoms with Gasteiger partial charge in [-0.25, -0.2) is 8.42 Å². The number of nitrogens with one attached hydrogen (secondary N) is 2. The average Bonchev–Trinajstić information content (AvgIpc) is 2.74. The number of nitrogens with zero attached hydrogens (tertiary/aromatic N) is 1. The number of rotatable bonds is 6. The van der Waals surface area contributed by atoms with Crippen LogP contribution in [-0.2, 0) is 14.8 Å². The number of anilines is 2. The molecule has 2 N–H and O–H groups in total. The van der Waals surface area contributed by atoms with Gasteiger partial charge in [0.1, 0.15) is 10.6 Å². The number of ether oxygens (including phenoxy) is 1. The van der Waals surface area contributed by atoms with E-state index in [1.165, 1.54) is 36.5 Å². The van der Waals surface area contributed by atoms with Crippen LogP contribution in [0.5, 0.6) is 5.75 Å². The van der Waals surface area contributed by atoms with E-state index in [0.29, 0.717) is 17.9 Å². The molecule has 31 heavy (non-hydrogen) atoms. The Bertz CT molecular complexity index is 1070. The van der Waals surface area contributed by atoms with Crippen molar-refractivity contribution in [1.29, 1.82) is 0 Å². The molecule has 2 aromatic carbocycles. The zero-order valence-electron chi connectivity index (χ0n) is 17.8. The maximum Gasteiger partial charge on any atom is 0.255 e. The van der Waals surface area contributed by atoms with Gasteiger partial charge in [-0.05, 0) is 62.2 Å². The molecule has 0 saturated carbocycles. The predicted octanol–water partition coefficient (Wildman–Crippen LogP) is 3.47. The van der Waals surface area contributed by atoms with Crippen molar-refractivity contribution in [3.8, 4) is 5.75 Å². The first-order valence-corrected chi connectivity index (χ1v) is 11.6. The molecule has 1 heterocycles. The summed E-state index contributed by atoms with van der Waals surface area (Å²) >= 11 is 0. The van der Waals surface area contributed by atoms with Gasteiger partial charge in [-0.1, -0.05) is 6.42 Å². The molecule has 9 heteroatoms. The number of benzene rings is 2. The van der Waals surface area contributed by atoms with Crippen LogP contribution in [0.25, 0.3) is 0 Å². The van der Waals surface area contributed by atoms with Crippen molar-refractivity contribution in [2.45, 2.75) is 44.0 Å². The quantitative estimate of drug-likeness (QED) is 0.708. The molecule has 166 valence electrons. The number of hydrogen-bond acceptors (Lipinski definition) is 5. The first-order valence-electron chi connectivity index (χ1n) is 10.1. The number of amides is 2. The first kappa shape index (κ1) is 22.8. The summed E-state index contributed by atoms with van der Waals surface area (Å²) < 4.78 is 33.4. The van der Waals surface area contributed by atoms with Crippen LogP contribution >= 0.6 is 0 Å². The molecular formula is C22H27N3O5S. The van der Waals surface area contributed by atoms with E-state index in [-0.39, 0.29) is 28.2 Å². The third-order valence-electron chi connectivity index (χ3n) is 5.22.